The number of hydrogen-bond acceptors (Lipinski definition) is 4. The lowest BCUT2D eigenvalue weighted by Crippen LogP contribution is -2.35. The summed E-state index contributed by atoms with van der Waals surface area (Å²) in [6, 6.07) is 31.5. The lowest BCUT2D eigenvalue weighted by molar-refractivity contribution is -0.137. The zero-order valence-corrected chi connectivity index (χ0v) is 22.4. The summed E-state index contributed by atoms with van der Waals surface area (Å²) >= 11 is 0. The van der Waals surface area contributed by atoms with Crippen LogP contribution in [0.1, 0.15) is 38.3 Å². The Morgan fingerprint density at radius 1 is 0.750 bits per heavy atom. The first-order valence-electron chi connectivity index (χ1n) is 13.1. The summed E-state index contributed by atoms with van der Waals surface area (Å²) in [5.41, 5.74) is 3.96. The molecule has 0 unspecified atom stereocenters. The van der Waals surface area contributed by atoms with E-state index in [4.69, 9.17) is 4.74 Å². The molecule has 0 saturated heterocycles. The van der Waals surface area contributed by atoms with E-state index in [1.807, 2.05) is 78.9 Å². The van der Waals surface area contributed by atoms with Gasteiger partial charge >= 0.3 is 5.97 Å². The normalized spacial score (nSPS) is 10.5. The van der Waals surface area contributed by atoms with E-state index < -0.39 is 5.97 Å². The number of rotatable bonds is 12. The summed E-state index contributed by atoms with van der Waals surface area (Å²) < 4.78 is 5.39. The van der Waals surface area contributed by atoms with Crippen molar-refractivity contribution in [2.24, 2.45) is 0 Å². The number of methoxy groups -OCH3 is 1. The highest BCUT2D eigenvalue weighted by atomic mass is 16.5. The van der Waals surface area contributed by atoms with Crippen molar-refractivity contribution >= 4 is 17.8 Å². The van der Waals surface area contributed by atoms with Gasteiger partial charge in [-0.25, -0.2) is 0 Å². The number of ether oxygens (including phenoxy) is 1. The molecule has 0 spiro atoms. The Morgan fingerprint density at radius 3 is 2.05 bits per heavy atom. The summed E-state index contributed by atoms with van der Waals surface area (Å²) in [5.74, 6) is -0.848. The summed E-state index contributed by atoms with van der Waals surface area (Å²) in [5, 5.41) is 12.3. The van der Waals surface area contributed by atoms with E-state index in [1.165, 1.54) is 0 Å². The van der Waals surface area contributed by atoms with Crippen LogP contribution in [0.4, 0.5) is 0 Å². The molecule has 0 heterocycles. The van der Waals surface area contributed by atoms with E-state index in [-0.39, 0.29) is 31.3 Å². The summed E-state index contributed by atoms with van der Waals surface area (Å²) in [6.45, 7) is 0.724. The van der Waals surface area contributed by atoms with Crippen LogP contribution in [-0.4, -0.2) is 48.0 Å². The van der Waals surface area contributed by atoms with Crippen LogP contribution in [0.5, 0.6) is 5.75 Å². The van der Waals surface area contributed by atoms with E-state index in [0.29, 0.717) is 41.0 Å². The fraction of sp³-hybridized carbons (Fsp3) is 0.182. The molecule has 7 nitrogen and oxygen atoms in total. The van der Waals surface area contributed by atoms with Gasteiger partial charge in [0.2, 0.25) is 0 Å². The van der Waals surface area contributed by atoms with Crippen LogP contribution in [0.3, 0.4) is 0 Å². The second kappa shape index (κ2) is 13.8. The van der Waals surface area contributed by atoms with Gasteiger partial charge in [-0.2, -0.15) is 0 Å². The molecule has 7 heteroatoms. The standard InChI is InChI=1S/C33H32N2O5/c1-40-30-18-10-5-13-25(30)23-34-32(38)28-16-8-6-14-26(28)27-15-7-9-17-29(27)33(39)35(22-20-31(36)37)21-19-24-11-3-2-4-12-24/h2-18H,19-23H2,1H3,(H,34,38)(H,36,37). The Morgan fingerprint density at radius 2 is 1.35 bits per heavy atom. The molecule has 2 amide bonds. The Kier molecular flexibility index (Phi) is 9.67. The lowest BCUT2D eigenvalue weighted by Gasteiger charge is -2.24. The van der Waals surface area contributed by atoms with E-state index in [1.54, 1.807) is 36.3 Å². The molecule has 4 rings (SSSR count). The van der Waals surface area contributed by atoms with Gasteiger partial charge in [0, 0.05) is 36.3 Å². The molecule has 0 atom stereocenters. The average molecular weight is 537 g/mol. The van der Waals surface area contributed by atoms with E-state index >= 15 is 0 Å². The topological polar surface area (TPSA) is 95.9 Å². The highest BCUT2D eigenvalue weighted by molar-refractivity contribution is 6.06. The summed E-state index contributed by atoms with van der Waals surface area (Å²) in [7, 11) is 1.59. The first-order chi connectivity index (χ1) is 19.5. The minimum Gasteiger partial charge on any atom is -0.496 e. The van der Waals surface area contributed by atoms with Gasteiger partial charge in [-0.3, -0.25) is 14.4 Å². The van der Waals surface area contributed by atoms with Crippen molar-refractivity contribution in [2.45, 2.75) is 19.4 Å². The fourth-order valence-electron chi connectivity index (χ4n) is 4.56. The minimum atomic E-state index is -0.970. The van der Waals surface area contributed by atoms with Crippen molar-refractivity contribution in [3.05, 3.63) is 125 Å². The number of nitrogens with one attached hydrogen (secondary N) is 1. The predicted octanol–water partition coefficient (Wildman–Crippen LogP) is 5.45. The number of aliphatic carboxylic acids is 1. The molecule has 0 saturated carbocycles. The van der Waals surface area contributed by atoms with Crippen molar-refractivity contribution in [3.8, 4) is 16.9 Å². The third kappa shape index (κ3) is 7.14. The first-order valence-corrected chi connectivity index (χ1v) is 13.1. The van der Waals surface area contributed by atoms with Gasteiger partial charge in [-0.1, -0.05) is 84.9 Å². The first kappa shape index (κ1) is 28.1. The van der Waals surface area contributed by atoms with Crippen LogP contribution in [0.15, 0.2) is 103 Å². The van der Waals surface area contributed by atoms with Gasteiger partial charge in [0.05, 0.1) is 13.5 Å². The molecule has 0 aliphatic carbocycles. The van der Waals surface area contributed by atoms with E-state index in [9.17, 15) is 19.5 Å². The highest BCUT2D eigenvalue weighted by Gasteiger charge is 2.22. The average Bonchev–Trinajstić information content (AvgIpc) is 3.00. The molecule has 2 N–H and O–H groups in total. The minimum absolute atomic E-state index is 0.0797. The van der Waals surface area contributed by atoms with Crippen molar-refractivity contribution in [2.75, 3.05) is 20.2 Å². The van der Waals surface area contributed by atoms with Crippen LogP contribution in [-0.2, 0) is 17.8 Å². The molecule has 0 bridgehead atoms. The predicted molar refractivity (Wildman–Crippen MR) is 154 cm³/mol. The highest BCUT2D eigenvalue weighted by Crippen LogP contribution is 2.29. The fourth-order valence-corrected chi connectivity index (χ4v) is 4.56. The van der Waals surface area contributed by atoms with Crippen molar-refractivity contribution in [3.63, 3.8) is 0 Å². The second-order valence-electron chi connectivity index (χ2n) is 9.26. The number of nitrogens with zero attached hydrogens (tertiary/aromatic N) is 1. The Bertz CT molecular complexity index is 1470. The van der Waals surface area contributed by atoms with E-state index in [0.717, 1.165) is 11.1 Å². The largest absolute Gasteiger partial charge is 0.496 e. The van der Waals surface area contributed by atoms with Crippen LogP contribution in [0.2, 0.25) is 0 Å². The van der Waals surface area contributed by atoms with Gasteiger partial charge in [0.15, 0.2) is 0 Å². The molecule has 0 fully saturated rings. The van der Waals surface area contributed by atoms with Gasteiger partial charge in [-0.15, -0.1) is 0 Å². The molecule has 0 aliphatic heterocycles. The number of carboxylic acids is 1. The Labute approximate surface area is 234 Å². The maximum absolute atomic E-state index is 13.9. The third-order valence-corrected chi connectivity index (χ3v) is 6.65. The van der Waals surface area contributed by atoms with Crippen molar-refractivity contribution in [1.29, 1.82) is 0 Å². The number of carboxylic acid groups (broad SMARTS) is 1. The number of amides is 2. The molecular formula is C33H32N2O5. The maximum atomic E-state index is 13.9. The number of carbonyl (C=O) groups excluding carboxylic acids is 2. The molecule has 4 aromatic rings. The Hall–Kier alpha value is -4.91. The number of benzene rings is 4. The number of hydrogen-bond donors (Lipinski definition) is 2. The third-order valence-electron chi connectivity index (χ3n) is 6.65. The maximum Gasteiger partial charge on any atom is 0.305 e. The number of carbonyl (C=O) groups is 3. The molecule has 0 aliphatic rings. The summed E-state index contributed by atoms with van der Waals surface area (Å²) in [6.07, 6.45) is 0.431. The zero-order chi connectivity index (χ0) is 28.3. The smallest absolute Gasteiger partial charge is 0.305 e. The van der Waals surface area contributed by atoms with Gasteiger partial charge in [0.1, 0.15) is 5.75 Å². The van der Waals surface area contributed by atoms with Crippen LogP contribution in [0.25, 0.3) is 11.1 Å². The molecule has 0 aromatic heterocycles. The van der Waals surface area contributed by atoms with Crippen LogP contribution in [0, 0.1) is 0 Å². The van der Waals surface area contributed by atoms with Gasteiger partial charge in [0.25, 0.3) is 11.8 Å². The molecule has 4 aromatic carbocycles. The zero-order valence-electron chi connectivity index (χ0n) is 22.4. The van der Waals surface area contributed by atoms with Crippen LogP contribution < -0.4 is 10.1 Å². The summed E-state index contributed by atoms with van der Waals surface area (Å²) in [4.78, 5) is 40.1. The second-order valence-corrected chi connectivity index (χ2v) is 9.26. The van der Waals surface area contributed by atoms with E-state index in [2.05, 4.69) is 5.32 Å². The SMILES string of the molecule is COc1ccccc1CNC(=O)c1ccccc1-c1ccccc1C(=O)N(CCC(=O)O)CCc1ccccc1. The quantitative estimate of drug-likeness (QED) is 0.251. The lowest BCUT2D eigenvalue weighted by atomic mass is 9.94. The van der Waals surface area contributed by atoms with Crippen molar-refractivity contribution < 1.29 is 24.2 Å². The molecule has 204 valence electrons. The van der Waals surface area contributed by atoms with Gasteiger partial charge < -0.3 is 20.1 Å². The van der Waals surface area contributed by atoms with Gasteiger partial charge in [-0.05, 0) is 41.3 Å². The molecule has 0 radical (unpaired) electrons. The monoisotopic (exact) mass is 536 g/mol. The Balaban J connectivity index is 1.61. The molecule has 40 heavy (non-hydrogen) atoms. The number of para-hydroxylation sites is 1. The van der Waals surface area contributed by atoms with Crippen molar-refractivity contribution in [1.82, 2.24) is 10.2 Å². The molecular weight excluding hydrogens is 504 g/mol. The van der Waals surface area contributed by atoms with Crippen LogP contribution >= 0.6 is 0 Å².